The van der Waals surface area contributed by atoms with Crippen LogP contribution < -0.4 is 5.32 Å². The van der Waals surface area contributed by atoms with E-state index in [4.69, 9.17) is 4.52 Å². The summed E-state index contributed by atoms with van der Waals surface area (Å²) in [6.07, 6.45) is 2.33. The molecule has 3 rings (SSSR count). The van der Waals surface area contributed by atoms with Gasteiger partial charge in [-0.3, -0.25) is 14.5 Å². The molecular formula is C13H18N4O3. The Bertz CT molecular complexity index is 516. The van der Waals surface area contributed by atoms with Crippen LogP contribution in [-0.4, -0.2) is 65.0 Å². The van der Waals surface area contributed by atoms with E-state index in [-0.39, 0.29) is 23.1 Å². The number of aromatic nitrogens is 1. The largest absolute Gasteiger partial charge is 0.353 e. The zero-order valence-electron chi connectivity index (χ0n) is 11.5. The third kappa shape index (κ3) is 2.07. The number of nitrogens with one attached hydrogen (secondary N) is 1. The molecule has 7 heteroatoms. The Morgan fingerprint density at radius 2 is 2.45 bits per heavy atom. The van der Waals surface area contributed by atoms with E-state index in [1.165, 1.54) is 6.20 Å². The molecule has 1 N–H and O–H groups in total. The molecule has 2 fully saturated rings. The first-order valence-corrected chi connectivity index (χ1v) is 6.86. The zero-order valence-corrected chi connectivity index (χ0v) is 11.5. The molecule has 0 saturated carbocycles. The second-order valence-electron chi connectivity index (χ2n) is 5.37. The van der Waals surface area contributed by atoms with Crippen molar-refractivity contribution in [2.24, 2.45) is 0 Å². The summed E-state index contributed by atoms with van der Waals surface area (Å²) in [5.41, 5.74) is -0.141. The highest BCUT2D eigenvalue weighted by Gasteiger charge is 2.47. The number of likely N-dealkylation sites (N-methyl/N-ethyl adjacent to an activating group) is 1. The highest BCUT2D eigenvalue weighted by molar-refractivity contribution is 5.91. The predicted molar refractivity (Wildman–Crippen MR) is 70.0 cm³/mol. The van der Waals surface area contributed by atoms with Crippen LogP contribution in [0.3, 0.4) is 0 Å². The summed E-state index contributed by atoms with van der Waals surface area (Å²) in [6, 6.07) is 1.58. The van der Waals surface area contributed by atoms with Crippen LogP contribution in [0.5, 0.6) is 0 Å². The smallest absolute Gasteiger partial charge is 0.292 e. The maximum atomic E-state index is 12.3. The lowest BCUT2D eigenvalue weighted by Crippen LogP contribution is -2.64. The number of nitrogens with zero attached hydrogens (tertiary/aromatic N) is 3. The Hall–Kier alpha value is -1.89. The summed E-state index contributed by atoms with van der Waals surface area (Å²) >= 11 is 0. The quantitative estimate of drug-likeness (QED) is 0.804. The molecule has 1 aromatic rings. The van der Waals surface area contributed by atoms with Gasteiger partial charge in [0.15, 0.2) is 0 Å². The van der Waals surface area contributed by atoms with Crippen molar-refractivity contribution in [3.8, 4) is 0 Å². The maximum absolute atomic E-state index is 12.3. The fourth-order valence-electron chi connectivity index (χ4n) is 3.13. The highest BCUT2D eigenvalue weighted by atomic mass is 16.5. The van der Waals surface area contributed by atoms with E-state index in [0.29, 0.717) is 26.2 Å². The molecule has 2 aliphatic rings. The molecule has 0 radical (unpaired) electrons. The Labute approximate surface area is 116 Å². The minimum absolute atomic E-state index is 0.0532. The van der Waals surface area contributed by atoms with Crippen LogP contribution >= 0.6 is 0 Å². The van der Waals surface area contributed by atoms with Gasteiger partial charge >= 0.3 is 0 Å². The van der Waals surface area contributed by atoms with Gasteiger partial charge in [0.2, 0.25) is 11.7 Å². The first kappa shape index (κ1) is 13.1. The molecule has 0 aromatic carbocycles. The molecule has 1 aromatic heterocycles. The van der Waals surface area contributed by atoms with Crippen molar-refractivity contribution < 1.29 is 14.1 Å². The van der Waals surface area contributed by atoms with Crippen LogP contribution in [0.25, 0.3) is 0 Å². The van der Waals surface area contributed by atoms with Crippen molar-refractivity contribution in [2.75, 3.05) is 32.7 Å². The van der Waals surface area contributed by atoms with Crippen LogP contribution in [-0.2, 0) is 4.79 Å². The van der Waals surface area contributed by atoms with E-state index >= 15 is 0 Å². The van der Waals surface area contributed by atoms with Gasteiger partial charge in [0.25, 0.3) is 5.91 Å². The third-order valence-electron chi connectivity index (χ3n) is 4.27. The van der Waals surface area contributed by atoms with Crippen molar-refractivity contribution in [3.05, 3.63) is 18.0 Å². The fraction of sp³-hybridized carbons (Fsp3) is 0.615. The number of rotatable bonds is 2. The molecule has 0 bridgehead atoms. The van der Waals surface area contributed by atoms with Crippen LogP contribution in [0.4, 0.5) is 0 Å². The average Bonchev–Trinajstić information content (AvgIpc) is 3.11. The fourth-order valence-corrected chi connectivity index (χ4v) is 3.13. The van der Waals surface area contributed by atoms with Crippen molar-refractivity contribution in [3.63, 3.8) is 0 Å². The molecule has 7 nitrogen and oxygen atoms in total. The topological polar surface area (TPSA) is 78.7 Å². The molecular weight excluding hydrogens is 260 g/mol. The molecule has 0 aliphatic carbocycles. The molecule has 3 heterocycles. The Balaban J connectivity index is 1.75. The normalized spacial score (nSPS) is 27.1. The Morgan fingerprint density at radius 1 is 1.60 bits per heavy atom. The summed E-state index contributed by atoms with van der Waals surface area (Å²) in [5, 5.41) is 6.49. The summed E-state index contributed by atoms with van der Waals surface area (Å²) in [5.74, 6) is 0.190. The molecule has 2 saturated heterocycles. The van der Waals surface area contributed by atoms with Gasteiger partial charge < -0.3 is 14.7 Å². The zero-order chi connectivity index (χ0) is 14.2. The molecule has 20 heavy (non-hydrogen) atoms. The number of hydrogen-bond donors (Lipinski definition) is 1. The van der Waals surface area contributed by atoms with E-state index in [9.17, 15) is 9.59 Å². The molecule has 2 aliphatic heterocycles. The minimum Gasteiger partial charge on any atom is -0.353 e. The van der Waals surface area contributed by atoms with Crippen LogP contribution in [0, 0.1) is 0 Å². The molecule has 108 valence electrons. The maximum Gasteiger partial charge on any atom is 0.292 e. The van der Waals surface area contributed by atoms with E-state index in [1.807, 2.05) is 6.92 Å². The number of likely N-dealkylation sites (tertiary alicyclic amines) is 1. The second-order valence-corrected chi connectivity index (χ2v) is 5.37. The summed E-state index contributed by atoms with van der Waals surface area (Å²) in [7, 11) is 0. The second kappa shape index (κ2) is 4.90. The van der Waals surface area contributed by atoms with Gasteiger partial charge in [-0.25, -0.2) is 0 Å². The molecule has 1 spiro atoms. The minimum atomic E-state index is -0.141. The van der Waals surface area contributed by atoms with Crippen molar-refractivity contribution >= 4 is 11.8 Å². The Kier molecular flexibility index (Phi) is 3.21. The monoisotopic (exact) mass is 278 g/mol. The standard InChI is InChI=1S/C13H18N4O3/c1-2-17-7-11(18)14-8-13(17)4-6-16(9-13)12(19)10-3-5-15-20-10/h3,5H,2,4,6-9H2,1H3,(H,14,18)/t13-/m1/s1. The molecule has 1 atom stereocenters. The third-order valence-corrected chi connectivity index (χ3v) is 4.27. The van der Waals surface area contributed by atoms with Crippen molar-refractivity contribution in [1.82, 2.24) is 20.3 Å². The van der Waals surface area contributed by atoms with E-state index in [2.05, 4.69) is 15.4 Å². The van der Waals surface area contributed by atoms with E-state index in [0.717, 1.165) is 13.0 Å². The van der Waals surface area contributed by atoms with Crippen LogP contribution in [0.1, 0.15) is 23.9 Å². The van der Waals surface area contributed by atoms with E-state index in [1.54, 1.807) is 11.0 Å². The number of piperazine rings is 1. The van der Waals surface area contributed by atoms with Gasteiger partial charge in [0.05, 0.1) is 18.3 Å². The highest BCUT2D eigenvalue weighted by Crippen LogP contribution is 2.30. The number of amides is 2. The number of carbonyl (C=O) groups excluding carboxylic acids is 2. The average molecular weight is 278 g/mol. The SMILES string of the molecule is CCN1CC(=O)NC[C@@]12CCN(C(=O)c1ccno1)C2. The molecule has 0 unspecified atom stereocenters. The van der Waals surface area contributed by atoms with Gasteiger partial charge in [-0.05, 0) is 13.0 Å². The van der Waals surface area contributed by atoms with Gasteiger partial charge in [0, 0.05) is 25.7 Å². The number of hydrogen-bond acceptors (Lipinski definition) is 5. The lowest BCUT2D eigenvalue weighted by molar-refractivity contribution is -0.128. The molecule has 2 amide bonds. The summed E-state index contributed by atoms with van der Waals surface area (Å²) < 4.78 is 4.93. The van der Waals surface area contributed by atoms with Crippen molar-refractivity contribution in [1.29, 1.82) is 0 Å². The van der Waals surface area contributed by atoms with Gasteiger partial charge in [-0.15, -0.1) is 0 Å². The summed E-state index contributed by atoms with van der Waals surface area (Å²) in [4.78, 5) is 27.7. The lowest BCUT2D eigenvalue weighted by atomic mass is 9.93. The van der Waals surface area contributed by atoms with Gasteiger partial charge in [0.1, 0.15) is 0 Å². The first-order valence-electron chi connectivity index (χ1n) is 6.86. The summed E-state index contributed by atoms with van der Waals surface area (Å²) in [6.45, 7) is 5.13. The Morgan fingerprint density at radius 3 is 3.15 bits per heavy atom. The predicted octanol–water partition coefficient (Wildman–Crippen LogP) is -0.289. The van der Waals surface area contributed by atoms with Crippen LogP contribution in [0.2, 0.25) is 0 Å². The van der Waals surface area contributed by atoms with Gasteiger partial charge in [-0.2, -0.15) is 0 Å². The van der Waals surface area contributed by atoms with Crippen LogP contribution in [0.15, 0.2) is 16.8 Å². The van der Waals surface area contributed by atoms with Gasteiger partial charge in [-0.1, -0.05) is 12.1 Å². The first-order chi connectivity index (χ1) is 9.64. The number of carbonyl (C=O) groups is 2. The lowest BCUT2D eigenvalue weighted by Gasteiger charge is -2.43. The van der Waals surface area contributed by atoms with E-state index < -0.39 is 0 Å². The van der Waals surface area contributed by atoms with Crippen molar-refractivity contribution in [2.45, 2.75) is 18.9 Å².